The van der Waals surface area contributed by atoms with E-state index in [9.17, 15) is 0 Å². The van der Waals surface area contributed by atoms with Gasteiger partial charge in [0.1, 0.15) is 0 Å². The van der Waals surface area contributed by atoms with Gasteiger partial charge in [0.2, 0.25) is 0 Å². The summed E-state index contributed by atoms with van der Waals surface area (Å²) in [6, 6.07) is 0.636. The van der Waals surface area contributed by atoms with Crippen molar-refractivity contribution < 1.29 is 4.74 Å². The van der Waals surface area contributed by atoms with Gasteiger partial charge in [-0.25, -0.2) is 0 Å². The summed E-state index contributed by atoms with van der Waals surface area (Å²) in [7, 11) is 0. The molecule has 17 heavy (non-hydrogen) atoms. The zero-order chi connectivity index (χ0) is 12.5. The molecule has 0 amide bonds. The lowest BCUT2D eigenvalue weighted by atomic mass is 9.85. The van der Waals surface area contributed by atoms with Gasteiger partial charge in [0.15, 0.2) is 0 Å². The minimum absolute atomic E-state index is 0.539. The van der Waals surface area contributed by atoms with Crippen LogP contribution < -0.4 is 5.32 Å². The highest BCUT2D eigenvalue weighted by atomic mass is 16.5. The molecular weight excluding hydrogens is 210 g/mol. The summed E-state index contributed by atoms with van der Waals surface area (Å²) in [5, 5.41) is 3.53. The van der Waals surface area contributed by atoms with Crippen molar-refractivity contribution in [2.24, 2.45) is 5.92 Å². The zero-order valence-electron chi connectivity index (χ0n) is 12.0. The van der Waals surface area contributed by atoms with Crippen LogP contribution in [0, 0.1) is 5.92 Å². The normalized spacial score (nSPS) is 27.0. The van der Waals surface area contributed by atoms with E-state index in [0.717, 1.165) is 19.1 Å². The number of hydrogen-bond donors (Lipinski definition) is 1. The molecule has 0 aromatic rings. The van der Waals surface area contributed by atoms with Crippen LogP contribution in [0.15, 0.2) is 0 Å². The van der Waals surface area contributed by atoms with Gasteiger partial charge in [-0.1, -0.05) is 39.5 Å². The van der Waals surface area contributed by atoms with Crippen LogP contribution in [-0.2, 0) is 4.74 Å². The van der Waals surface area contributed by atoms with Crippen LogP contribution >= 0.6 is 0 Å². The van der Waals surface area contributed by atoms with Crippen LogP contribution in [0.5, 0.6) is 0 Å². The maximum absolute atomic E-state index is 6.05. The van der Waals surface area contributed by atoms with Gasteiger partial charge >= 0.3 is 0 Å². The number of hydrogen-bond acceptors (Lipinski definition) is 2. The Morgan fingerprint density at radius 3 is 2.71 bits per heavy atom. The molecule has 2 nitrogen and oxygen atoms in total. The van der Waals surface area contributed by atoms with Crippen molar-refractivity contribution in [1.29, 1.82) is 0 Å². The van der Waals surface area contributed by atoms with E-state index in [4.69, 9.17) is 4.74 Å². The molecule has 1 rings (SSSR count). The molecule has 1 fully saturated rings. The summed E-state index contributed by atoms with van der Waals surface area (Å²) in [5.74, 6) is 0.816. The van der Waals surface area contributed by atoms with Crippen LogP contribution in [0.4, 0.5) is 0 Å². The monoisotopic (exact) mass is 241 g/mol. The third-order valence-corrected chi connectivity index (χ3v) is 4.01. The van der Waals surface area contributed by atoms with Gasteiger partial charge in [0.25, 0.3) is 0 Å². The lowest BCUT2D eigenvalue weighted by molar-refractivity contribution is -0.0108. The Morgan fingerprint density at radius 1 is 1.24 bits per heavy atom. The Kier molecular flexibility index (Phi) is 7.87. The molecule has 1 aliphatic carbocycles. The van der Waals surface area contributed by atoms with Crippen LogP contribution in [0.2, 0.25) is 0 Å². The Balaban J connectivity index is 2.08. The van der Waals surface area contributed by atoms with Gasteiger partial charge in [0, 0.05) is 12.6 Å². The first kappa shape index (κ1) is 15.0. The Labute approximate surface area is 108 Å². The quantitative estimate of drug-likeness (QED) is 0.653. The second-order valence-corrected chi connectivity index (χ2v) is 5.51. The van der Waals surface area contributed by atoms with E-state index in [1.54, 1.807) is 0 Å². The topological polar surface area (TPSA) is 21.3 Å². The largest absolute Gasteiger partial charge is 0.377 e. The Hall–Kier alpha value is -0.0800. The molecule has 0 radical (unpaired) electrons. The van der Waals surface area contributed by atoms with Gasteiger partial charge in [-0.2, -0.15) is 0 Å². The highest BCUT2D eigenvalue weighted by Crippen LogP contribution is 2.28. The minimum atomic E-state index is 0.539. The first-order valence-electron chi connectivity index (χ1n) is 7.62. The molecule has 2 heteroatoms. The minimum Gasteiger partial charge on any atom is -0.377 e. The Bertz CT molecular complexity index is 184. The van der Waals surface area contributed by atoms with Crippen LogP contribution in [0.3, 0.4) is 0 Å². The fraction of sp³-hybridized carbons (Fsp3) is 1.00. The first-order valence-corrected chi connectivity index (χ1v) is 7.62. The molecule has 1 saturated carbocycles. The summed E-state index contributed by atoms with van der Waals surface area (Å²) < 4.78 is 6.05. The van der Waals surface area contributed by atoms with E-state index >= 15 is 0 Å². The molecular formula is C15H31NO. The lowest BCUT2D eigenvalue weighted by Gasteiger charge is -2.31. The molecule has 0 saturated heterocycles. The smallest absolute Gasteiger partial charge is 0.0603 e. The molecule has 102 valence electrons. The highest BCUT2D eigenvalue weighted by Gasteiger charge is 2.23. The van der Waals surface area contributed by atoms with E-state index < -0.39 is 0 Å². The van der Waals surface area contributed by atoms with Crippen LogP contribution in [0.25, 0.3) is 0 Å². The summed E-state index contributed by atoms with van der Waals surface area (Å²) in [5.41, 5.74) is 0. The lowest BCUT2D eigenvalue weighted by Crippen LogP contribution is -2.33. The number of rotatable bonds is 8. The Morgan fingerprint density at radius 2 is 2.00 bits per heavy atom. The maximum atomic E-state index is 6.05. The van der Waals surface area contributed by atoms with Crippen molar-refractivity contribution in [2.45, 2.75) is 77.9 Å². The SMILES string of the molecule is CCCC(C)NCCOC1CCCCC1CC. The predicted octanol–water partition coefficient (Wildman–Crippen LogP) is 3.75. The molecule has 0 aromatic carbocycles. The molecule has 0 aromatic heterocycles. The third-order valence-electron chi connectivity index (χ3n) is 4.01. The van der Waals surface area contributed by atoms with Crippen molar-refractivity contribution in [3.05, 3.63) is 0 Å². The van der Waals surface area contributed by atoms with Gasteiger partial charge in [-0.05, 0) is 32.1 Å². The van der Waals surface area contributed by atoms with Crippen molar-refractivity contribution in [2.75, 3.05) is 13.2 Å². The van der Waals surface area contributed by atoms with E-state index in [1.165, 1.54) is 44.9 Å². The van der Waals surface area contributed by atoms with Gasteiger partial charge in [-0.3, -0.25) is 0 Å². The van der Waals surface area contributed by atoms with Crippen molar-refractivity contribution in [1.82, 2.24) is 5.32 Å². The summed E-state index contributed by atoms with van der Waals surface area (Å²) in [6.45, 7) is 8.69. The number of ether oxygens (including phenoxy) is 1. The van der Waals surface area contributed by atoms with Crippen molar-refractivity contribution >= 4 is 0 Å². The zero-order valence-corrected chi connectivity index (χ0v) is 12.0. The van der Waals surface area contributed by atoms with E-state index in [-0.39, 0.29) is 0 Å². The summed E-state index contributed by atoms with van der Waals surface area (Å²) >= 11 is 0. The van der Waals surface area contributed by atoms with E-state index in [2.05, 4.69) is 26.1 Å². The van der Waals surface area contributed by atoms with Crippen molar-refractivity contribution in [3.8, 4) is 0 Å². The van der Waals surface area contributed by atoms with E-state index in [0.29, 0.717) is 12.1 Å². The fourth-order valence-electron chi connectivity index (χ4n) is 2.91. The van der Waals surface area contributed by atoms with Crippen LogP contribution in [-0.4, -0.2) is 25.3 Å². The molecule has 1 aliphatic rings. The third kappa shape index (κ3) is 5.87. The molecule has 3 atom stereocenters. The van der Waals surface area contributed by atoms with Gasteiger partial charge in [-0.15, -0.1) is 0 Å². The molecule has 0 bridgehead atoms. The predicted molar refractivity (Wildman–Crippen MR) is 74.4 cm³/mol. The average molecular weight is 241 g/mol. The standard InChI is InChI=1S/C15H31NO/c1-4-8-13(3)16-11-12-17-15-10-7-6-9-14(15)5-2/h13-16H,4-12H2,1-3H3. The maximum Gasteiger partial charge on any atom is 0.0603 e. The van der Waals surface area contributed by atoms with Crippen LogP contribution in [0.1, 0.15) is 65.7 Å². The van der Waals surface area contributed by atoms with Gasteiger partial charge < -0.3 is 10.1 Å². The molecule has 0 aliphatic heterocycles. The number of nitrogens with one attached hydrogen (secondary N) is 1. The highest BCUT2D eigenvalue weighted by molar-refractivity contribution is 4.75. The second kappa shape index (κ2) is 8.93. The molecule has 1 N–H and O–H groups in total. The average Bonchev–Trinajstić information content (AvgIpc) is 2.35. The molecule has 0 heterocycles. The molecule has 0 spiro atoms. The van der Waals surface area contributed by atoms with Gasteiger partial charge in [0.05, 0.1) is 12.7 Å². The second-order valence-electron chi connectivity index (χ2n) is 5.51. The first-order chi connectivity index (χ1) is 8.27. The van der Waals surface area contributed by atoms with Crippen molar-refractivity contribution in [3.63, 3.8) is 0 Å². The molecule has 3 unspecified atom stereocenters. The van der Waals surface area contributed by atoms with E-state index in [1.807, 2.05) is 0 Å². The summed E-state index contributed by atoms with van der Waals surface area (Å²) in [4.78, 5) is 0. The fourth-order valence-corrected chi connectivity index (χ4v) is 2.91. The summed E-state index contributed by atoms with van der Waals surface area (Å²) in [6.07, 6.45) is 9.77.